The number of carbonyl (C=O) groups excluding carboxylic acids is 2. The maximum absolute atomic E-state index is 12.3. The van der Waals surface area contributed by atoms with Crippen molar-refractivity contribution in [1.29, 1.82) is 0 Å². The first kappa shape index (κ1) is 18.4. The molecular formula is C14H26N4O4. The van der Waals surface area contributed by atoms with Crippen molar-refractivity contribution in [3.8, 4) is 0 Å². The molecule has 3 atom stereocenters. The van der Waals surface area contributed by atoms with Gasteiger partial charge < -0.3 is 26.8 Å². The molecule has 0 aromatic rings. The molecule has 3 unspecified atom stereocenters. The highest BCUT2D eigenvalue weighted by molar-refractivity contribution is 5.92. The molecule has 6 N–H and O–H groups in total. The van der Waals surface area contributed by atoms with E-state index in [0.717, 1.165) is 0 Å². The third kappa shape index (κ3) is 4.96. The maximum Gasteiger partial charge on any atom is 0.326 e. The highest BCUT2D eigenvalue weighted by atomic mass is 16.4. The summed E-state index contributed by atoms with van der Waals surface area (Å²) in [4.78, 5) is 36.9. The number of hydrogen-bond acceptors (Lipinski definition) is 5. The highest BCUT2D eigenvalue weighted by Crippen LogP contribution is 2.18. The quantitative estimate of drug-likeness (QED) is 0.425. The van der Waals surface area contributed by atoms with Crippen molar-refractivity contribution in [2.75, 3.05) is 13.1 Å². The van der Waals surface area contributed by atoms with E-state index >= 15 is 0 Å². The van der Waals surface area contributed by atoms with E-state index < -0.39 is 30.0 Å². The summed E-state index contributed by atoms with van der Waals surface area (Å²) in [7, 11) is 0. The molecule has 8 heteroatoms. The number of hydrogen-bond donors (Lipinski definition) is 4. The predicted octanol–water partition coefficient (Wildman–Crippen LogP) is -0.977. The van der Waals surface area contributed by atoms with Crippen molar-refractivity contribution in [3.63, 3.8) is 0 Å². The lowest BCUT2D eigenvalue weighted by Crippen LogP contribution is -2.53. The first-order valence-corrected chi connectivity index (χ1v) is 7.67. The van der Waals surface area contributed by atoms with Crippen LogP contribution in [0.1, 0.15) is 39.0 Å². The second-order valence-electron chi connectivity index (χ2n) is 5.66. The molecule has 0 radical (unpaired) electrons. The van der Waals surface area contributed by atoms with Gasteiger partial charge in [-0.05, 0) is 45.6 Å². The van der Waals surface area contributed by atoms with Gasteiger partial charge in [0.05, 0.1) is 6.04 Å². The van der Waals surface area contributed by atoms with Crippen LogP contribution in [0.15, 0.2) is 0 Å². The van der Waals surface area contributed by atoms with Crippen LogP contribution in [-0.2, 0) is 14.4 Å². The second-order valence-corrected chi connectivity index (χ2v) is 5.66. The molecule has 0 aliphatic carbocycles. The van der Waals surface area contributed by atoms with Crippen LogP contribution in [0.4, 0.5) is 0 Å². The number of likely N-dealkylation sites (tertiary alicyclic amines) is 1. The Labute approximate surface area is 130 Å². The molecule has 0 bridgehead atoms. The minimum Gasteiger partial charge on any atom is -0.480 e. The molecular weight excluding hydrogens is 288 g/mol. The average molecular weight is 314 g/mol. The van der Waals surface area contributed by atoms with Crippen LogP contribution in [-0.4, -0.2) is 59.0 Å². The number of nitrogens with zero attached hydrogens (tertiary/aromatic N) is 1. The summed E-state index contributed by atoms with van der Waals surface area (Å²) >= 11 is 0. The van der Waals surface area contributed by atoms with Crippen LogP contribution >= 0.6 is 0 Å². The normalized spacial score (nSPS) is 20.5. The minimum absolute atomic E-state index is 0.285. The van der Waals surface area contributed by atoms with Crippen molar-refractivity contribution in [2.45, 2.75) is 57.2 Å². The van der Waals surface area contributed by atoms with E-state index in [4.69, 9.17) is 11.5 Å². The number of carboxylic acid groups (broad SMARTS) is 1. The molecule has 126 valence electrons. The van der Waals surface area contributed by atoms with Crippen LogP contribution < -0.4 is 16.8 Å². The van der Waals surface area contributed by atoms with Crippen molar-refractivity contribution >= 4 is 17.8 Å². The molecule has 1 saturated heterocycles. The van der Waals surface area contributed by atoms with Gasteiger partial charge in [0.1, 0.15) is 12.1 Å². The zero-order valence-corrected chi connectivity index (χ0v) is 13.0. The Kier molecular flexibility index (Phi) is 7.26. The zero-order chi connectivity index (χ0) is 16.7. The number of carbonyl (C=O) groups is 3. The SMILES string of the molecule is CC(N)C(=O)N1CCCC1C(=O)NC(CCCCN)C(=O)O. The fraction of sp³-hybridized carbons (Fsp3) is 0.786. The Morgan fingerprint density at radius 2 is 2.05 bits per heavy atom. The van der Waals surface area contributed by atoms with Crippen molar-refractivity contribution in [1.82, 2.24) is 10.2 Å². The summed E-state index contributed by atoms with van der Waals surface area (Å²) in [6.45, 7) is 2.53. The van der Waals surface area contributed by atoms with Crippen LogP contribution in [0.5, 0.6) is 0 Å². The average Bonchev–Trinajstić information content (AvgIpc) is 2.94. The molecule has 1 rings (SSSR count). The molecule has 1 fully saturated rings. The molecule has 1 aliphatic rings. The van der Waals surface area contributed by atoms with E-state index in [1.165, 1.54) is 4.90 Å². The lowest BCUT2D eigenvalue weighted by Gasteiger charge is -2.26. The van der Waals surface area contributed by atoms with Gasteiger partial charge in [0.25, 0.3) is 0 Å². The molecule has 0 saturated carbocycles. The number of nitrogens with one attached hydrogen (secondary N) is 1. The van der Waals surface area contributed by atoms with E-state index in [-0.39, 0.29) is 5.91 Å². The molecule has 0 spiro atoms. The summed E-state index contributed by atoms with van der Waals surface area (Å²) in [6, 6.07) is -2.25. The largest absolute Gasteiger partial charge is 0.480 e. The number of rotatable bonds is 8. The Morgan fingerprint density at radius 1 is 1.36 bits per heavy atom. The third-order valence-corrected chi connectivity index (χ3v) is 3.79. The zero-order valence-electron chi connectivity index (χ0n) is 13.0. The third-order valence-electron chi connectivity index (χ3n) is 3.79. The maximum atomic E-state index is 12.3. The molecule has 0 aromatic carbocycles. The molecule has 22 heavy (non-hydrogen) atoms. The minimum atomic E-state index is -1.08. The first-order valence-electron chi connectivity index (χ1n) is 7.67. The number of aliphatic carboxylic acids is 1. The summed E-state index contributed by atoms with van der Waals surface area (Å²) in [5, 5.41) is 11.7. The van der Waals surface area contributed by atoms with Crippen LogP contribution in [0.2, 0.25) is 0 Å². The van der Waals surface area contributed by atoms with E-state index in [9.17, 15) is 19.5 Å². The highest BCUT2D eigenvalue weighted by Gasteiger charge is 2.36. The first-order chi connectivity index (χ1) is 10.4. The van der Waals surface area contributed by atoms with Gasteiger partial charge in [0.2, 0.25) is 11.8 Å². The summed E-state index contributed by atoms with van der Waals surface area (Å²) < 4.78 is 0. The summed E-state index contributed by atoms with van der Waals surface area (Å²) in [6.07, 6.45) is 2.90. The van der Waals surface area contributed by atoms with Gasteiger partial charge in [0.15, 0.2) is 0 Å². The topological polar surface area (TPSA) is 139 Å². The van der Waals surface area contributed by atoms with Gasteiger partial charge in [-0.1, -0.05) is 0 Å². The van der Waals surface area contributed by atoms with Gasteiger partial charge in [-0.2, -0.15) is 0 Å². The Bertz CT molecular complexity index is 414. The van der Waals surface area contributed by atoms with Crippen LogP contribution in [0.3, 0.4) is 0 Å². The molecule has 2 amide bonds. The van der Waals surface area contributed by atoms with E-state index in [1.54, 1.807) is 6.92 Å². The standard InChI is InChI=1S/C14H26N4O4/c1-9(16)13(20)18-8-4-6-11(18)12(19)17-10(14(21)22)5-2-3-7-15/h9-11H,2-8,15-16H2,1H3,(H,17,19)(H,21,22). The van der Waals surface area contributed by atoms with Crippen molar-refractivity contribution in [3.05, 3.63) is 0 Å². The second kappa shape index (κ2) is 8.70. The number of amides is 2. The lowest BCUT2D eigenvalue weighted by atomic mass is 10.1. The van der Waals surface area contributed by atoms with Crippen LogP contribution in [0.25, 0.3) is 0 Å². The van der Waals surface area contributed by atoms with Gasteiger partial charge in [-0.25, -0.2) is 4.79 Å². The number of nitrogens with two attached hydrogens (primary N) is 2. The van der Waals surface area contributed by atoms with Crippen molar-refractivity contribution in [2.24, 2.45) is 11.5 Å². The Morgan fingerprint density at radius 3 is 2.59 bits per heavy atom. The monoisotopic (exact) mass is 314 g/mol. The number of carboxylic acids is 1. The molecule has 8 nitrogen and oxygen atoms in total. The predicted molar refractivity (Wildman–Crippen MR) is 80.9 cm³/mol. The Balaban J connectivity index is 2.64. The summed E-state index contributed by atoms with van der Waals surface area (Å²) in [5.74, 6) is -1.78. The Hall–Kier alpha value is -1.67. The smallest absolute Gasteiger partial charge is 0.326 e. The fourth-order valence-corrected chi connectivity index (χ4v) is 2.58. The van der Waals surface area contributed by atoms with Gasteiger partial charge in [0, 0.05) is 6.54 Å². The van der Waals surface area contributed by atoms with Gasteiger partial charge in [-0.15, -0.1) is 0 Å². The lowest BCUT2D eigenvalue weighted by molar-refractivity contribution is -0.144. The van der Waals surface area contributed by atoms with Crippen molar-refractivity contribution < 1.29 is 19.5 Å². The molecule has 1 heterocycles. The fourth-order valence-electron chi connectivity index (χ4n) is 2.58. The van der Waals surface area contributed by atoms with E-state index in [2.05, 4.69) is 5.32 Å². The van der Waals surface area contributed by atoms with E-state index in [1.807, 2.05) is 0 Å². The summed E-state index contributed by atoms with van der Waals surface area (Å²) in [5.41, 5.74) is 11.0. The molecule has 1 aliphatic heterocycles. The van der Waals surface area contributed by atoms with Crippen LogP contribution in [0, 0.1) is 0 Å². The number of unbranched alkanes of at least 4 members (excludes halogenated alkanes) is 1. The van der Waals surface area contributed by atoms with Gasteiger partial charge >= 0.3 is 5.97 Å². The molecule has 0 aromatic heterocycles. The van der Waals surface area contributed by atoms with E-state index in [0.29, 0.717) is 45.2 Å². The van der Waals surface area contributed by atoms with Gasteiger partial charge in [-0.3, -0.25) is 9.59 Å².